The lowest BCUT2D eigenvalue weighted by molar-refractivity contribution is 0.102. The molecule has 0 saturated heterocycles. The van der Waals surface area contributed by atoms with Gasteiger partial charge in [0.15, 0.2) is 11.6 Å². The van der Waals surface area contributed by atoms with Crippen LogP contribution in [-0.2, 0) is 0 Å². The van der Waals surface area contributed by atoms with Crippen LogP contribution in [0.2, 0.25) is 0 Å². The van der Waals surface area contributed by atoms with Gasteiger partial charge in [-0.05, 0) is 42.8 Å². The van der Waals surface area contributed by atoms with Crippen molar-refractivity contribution in [3.8, 4) is 0 Å². The number of aryl methyl sites for hydroxylation is 1. The van der Waals surface area contributed by atoms with Crippen molar-refractivity contribution < 1.29 is 18.0 Å². The molecule has 0 fully saturated rings. The minimum Gasteiger partial charge on any atom is -0.322 e. The van der Waals surface area contributed by atoms with Gasteiger partial charge in [-0.15, -0.1) is 0 Å². The Kier molecular flexibility index (Phi) is 3.55. The number of nitrogens with one attached hydrogen (secondary N) is 1. The molecule has 0 aliphatic rings. The number of anilines is 1. The molecule has 2 rings (SSSR count). The first-order chi connectivity index (χ1) is 8.97. The average Bonchev–Trinajstić information content (AvgIpc) is 2.37. The minimum atomic E-state index is -1.05. The number of hydrogen-bond donors (Lipinski definition) is 1. The Morgan fingerprint density at radius 3 is 2.26 bits per heavy atom. The summed E-state index contributed by atoms with van der Waals surface area (Å²) in [6, 6.07) is 6.91. The zero-order valence-corrected chi connectivity index (χ0v) is 10.0. The van der Waals surface area contributed by atoms with E-state index in [2.05, 4.69) is 5.32 Å². The summed E-state index contributed by atoms with van der Waals surface area (Å²) in [4.78, 5) is 11.8. The first-order valence-electron chi connectivity index (χ1n) is 5.50. The molecule has 5 heteroatoms. The van der Waals surface area contributed by atoms with Gasteiger partial charge in [-0.1, -0.05) is 0 Å². The van der Waals surface area contributed by atoms with E-state index in [-0.39, 0.29) is 11.3 Å². The monoisotopic (exact) mass is 265 g/mol. The van der Waals surface area contributed by atoms with Gasteiger partial charge < -0.3 is 5.32 Å². The lowest BCUT2D eigenvalue weighted by Gasteiger charge is -2.06. The molecule has 2 nitrogen and oxygen atoms in total. The number of rotatable bonds is 2. The van der Waals surface area contributed by atoms with Crippen LogP contribution >= 0.6 is 0 Å². The molecule has 1 N–H and O–H groups in total. The van der Waals surface area contributed by atoms with E-state index >= 15 is 0 Å². The second kappa shape index (κ2) is 5.14. The quantitative estimate of drug-likeness (QED) is 0.882. The third-order valence-electron chi connectivity index (χ3n) is 2.60. The molecule has 2 aromatic carbocycles. The van der Waals surface area contributed by atoms with Crippen LogP contribution in [0.1, 0.15) is 15.9 Å². The molecule has 0 aliphatic carbocycles. The second-order valence-electron chi connectivity index (χ2n) is 4.05. The van der Waals surface area contributed by atoms with Gasteiger partial charge in [0.1, 0.15) is 5.82 Å². The minimum absolute atomic E-state index is 0.130. The first-order valence-corrected chi connectivity index (χ1v) is 5.50. The van der Waals surface area contributed by atoms with Crippen molar-refractivity contribution >= 4 is 11.6 Å². The number of halogens is 3. The predicted molar refractivity (Wildman–Crippen MR) is 65.4 cm³/mol. The number of carbonyl (C=O) groups is 1. The molecule has 0 spiro atoms. The summed E-state index contributed by atoms with van der Waals surface area (Å²) in [6.07, 6.45) is 0. The van der Waals surface area contributed by atoms with Crippen LogP contribution in [0, 0.1) is 24.4 Å². The molecule has 0 unspecified atom stereocenters. The van der Waals surface area contributed by atoms with Gasteiger partial charge in [0.2, 0.25) is 0 Å². The molecule has 0 aliphatic heterocycles. The van der Waals surface area contributed by atoms with Gasteiger partial charge in [0, 0.05) is 17.3 Å². The Balaban J connectivity index is 2.20. The fraction of sp³-hybridized carbons (Fsp3) is 0.0714. The van der Waals surface area contributed by atoms with E-state index < -0.39 is 23.4 Å². The van der Waals surface area contributed by atoms with E-state index in [1.165, 1.54) is 31.2 Å². The summed E-state index contributed by atoms with van der Waals surface area (Å²) >= 11 is 0. The summed E-state index contributed by atoms with van der Waals surface area (Å²) in [7, 11) is 0. The maximum atomic E-state index is 13.1. The second-order valence-corrected chi connectivity index (χ2v) is 4.05. The third kappa shape index (κ3) is 2.93. The van der Waals surface area contributed by atoms with E-state index in [1.807, 2.05) is 0 Å². The molecule has 0 radical (unpaired) electrons. The number of carbonyl (C=O) groups excluding carboxylic acids is 1. The fourth-order valence-corrected chi connectivity index (χ4v) is 1.56. The van der Waals surface area contributed by atoms with E-state index in [0.29, 0.717) is 5.56 Å². The molecule has 0 heterocycles. The van der Waals surface area contributed by atoms with Gasteiger partial charge in [-0.2, -0.15) is 0 Å². The molecule has 2 aromatic rings. The van der Waals surface area contributed by atoms with Crippen molar-refractivity contribution in [1.82, 2.24) is 0 Å². The highest BCUT2D eigenvalue weighted by molar-refractivity contribution is 6.04. The maximum Gasteiger partial charge on any atom is 0.255 e. The Labute approximate surface area is 107 Å². The van der Waals surface area contributed by atoms with Crippen LogP contribution in [0.3, 0.4) is 0 Å². The normalized spacial score (nSPS) is 10.3. The molecular formula is C14H10F3NO. The highest BCUT2D eigenvalue weighted by Crippen LogP contribution is 2.15. The Hall–Kier alpha value is -2.30. The first kappa shape index (κ1) is 13.1. The molecule has 1 amide bonds. The van der Waals surface area contributed by atoms with Crippen LogP contribution < -0.4 is 5.32 Å². The summed E-state index contributed by atoms with van der Waals surface area (Å²) in [5, 5.41) is 2.40. The topological polar surface area (TPSA) is 29.1 Å². The van der Waals surface area contributed by atoms with Crippen LogP contribution in [0.5, 0.6) is 0 Å². The molecule has 0 saturated carbocycles. The van der Waals surface area contributed by atoms with Crippen LogP contribution in [0.15, 0.2) is 36.4 Å². The van der Waals surface area contributed by atoms with Crippen molar-refractivity contribution in [2.24, 2.45) is 0 Å². The van der Waals surface area contributed by atoms with Crippen molar-refractivity contribution in [3.63, 3.8) is 0 Å². The predicted octanol–water partition coefficient (Wildman–Crippen LogP) is 3.66. The number of amides is 1. The molecule has 19 heavy (non-hydrogen) atoms. The highest BCUT2D eigenvalue weighted by Gasteiger charge is 2.09. The van der Waals surface area contributed by atoms with Crippen molar-refractivity contribution in [3.05, 3.63) is 65.0 Å². The van der Waals surface area contributed by atoms with Crippen molar-refractivity contribution in [2.75, 3.05) is 5.32 Å². The smallest absolute Gasteiger partial charge is 0.255 e. The number of benzene rings is 2. The maximum absolute atomic E-state index is 13.1. The van der Waals surface area contributed by atoms with Crippen LogP contribution in [-0.4, -0.2) is 5.91 Å². The summed E-state index contributed by atoms with van der Waals surface area (Å²) in [5.41, 5.74) is 0.701. The van der Waals surface area contributed by atoms with Gasteiger partial charge >= 0.3 is 0 Å². The highest BCUT2D eigenvalue weighted by atomic mass is 19.2. The Bertz CT molecular complexity index is 641. The van der Waals surface area contributed by atoms with E-state index in [4.69, 9.17) is 0 Å². The zero-order valence-electron chi connectivity index (χ0n) is 10.0. The largest absolute Gasteiger partial charge is 0.322 e. The lowest BCUT2D eigenvalue weighted by atomic mass is 10.1. The zero-order chi connectivity index (χ0) is 14.0. The van der Waals surface area contributed by atoms with E-state index in [0.717, 1.165) is 12.1 Å². The fourth-order valence-electron chi connectivity index (χ4n) is 1.56. The van der Waals surface area contributed by atoms with Gasteiger partial charge in [0.25, 0.3) is 5.91 Å². The Morgan fingerprint density at radius 2 is 1.63 bits per heavy atom. The van der Waals surface area contributed by atoms with Crippen LogP contribution in [0.25, 0.3) is 0 Å². The summed E-state index contributed by atoms with van der Waals surface area (Å²) in [5.74, 6) is -2.97. The SMILES string of the molecule is Cc1cc(C(=O)Nc2ccc(F)c(F)c2)ccc1F. The standard InChI is InChI=1S/C14H10F3NO/c1-8-6-9(2-4-11(8)15)14(19)18-10-3-5-12(16)13(17)7-10/h2-7H,1H3,(H,18,19). The average molecular weight is 265 g/mol. The summed E-state index contributed by atoms with van der Waals surface area (Å²) < 4.78 is 38.8. The molecule has 0 atom stereocenters. The van der Waals surface area contributed by atoms with Gasteiger partial charge in [-0.25, -0.2) is 13.2 Å². The van der Waals surface area contributed by atoms with Crippen LogP contribution in [0.4, 0.5) is 18.9 Å². The third-order valence-corrected chi connectivity index (χ3v) is 2.60. The molecule has 0 bridgehead atoms. The summed E-state index contributed by atoms with van der Waals surface area (Å²) in [6.45, 7) is 1.53. The molecular weight excluding hydrogens is 255 g/mol. The van der Waals surface area contributed by atoms with Gasteiger partial charge in [0.05, 0.1) is 0 Å². The van der Waals surface area contributed by atoms with E-state index in [1.54, 1.807) is 0 Å². The molecule has 0 aromatic heterocycles. The molecule has 98 valence electrons. The van der Waals surface area contributed by atoms with Crippen molar-refractivity contribution in [2.45, 2.75) is 6.92 Å². The number of hydrogen-bond acceptors (Lipinski definition) is 1. The lowest BCUT2D eigenvalue weighted by Crippen LogP contribution is -2.12. The van der Waals surface area contributed by atoms with Gasteiger partial charge in [-0.3, -0.25) is 4.79 Å². The van der Waals surface area contributed by atoms with E-state index in [9.17, 15) is 18.0 Å². The van der Waals surface area contributed by atoms with Crippen molar-refractivity contribution in [1.29, 1.82) is 0 Å². The Morgan fingerprint density at radius 1 is 0.947 bits per heavy atom.